The monoisotopic (exact) mass is 292 g/mol. The molecule has 118 valence electrons. The molecule has 0 radical (unpaired) electrons. The zero-order valence-corrected chi connectivity index (χ0v) is 13.3. The van der Waals surface area contributed by atoms with Crippen molar-refractivity contribution in [2.24, 2.45) is 0 Å². The summed E-state index contributed by atoms with van der Waals surface area (Å²) >= 11 is 0. The number of nitrogens with zero attached hydrogens (tertiary/aromatic N) is 2. The fourth-order valence-corrected chi connectivity index (χ4v) is 2.83. The third-order valence-corrected chi connectivity index (χ3v) is 3.90. The average Bonchev–Trinajstić information content (AvgIpc) is 2.93. The van der Waals surface area contributed by atoms with Crippen LogP contribution in [0, 0.1) is 0 Å². The molecule has 0 spiro atoms. The third kappa shape index (κ3) is 5.50. The van der Waals surface area contributed by atoms with Gasteiger partial charge in [-0.25, -0.2) is 0 Å². The first-order chi connectivity index (χ1) is 10.1. The van der Waals surface area contributed by atoms with Gasteiger partial charge in [-0.15, -0.1) is 0 Å². The maximum absolute atomic E-state index is 11.5. The first-order valence-corrected chi connectivity index (χ1v) is 8.19. The highest BCUT2D eigenvalue weighted by atomic mass is 16.1. The van der Waals surface area contributed by atoms with Crippen molar-refractivity contribution in [1.82, 2.24) is 20.4 Å². The molecule has 21 heavy (non-hydrogen) atoms. The Hall–Kier alpha value is -1.36. The summed E-state index contributed by atoms with van der Waals surface area (Å²) in [7, 11) is 0. The van der Waals surface area contributed by atoms with Crippen LogP contribution in [-0.4, -0.2) is 28.3 Å². The van der Waals surface area contributed by atoms with Gasteiger partial charge in [-0.3, -0.25) is 9.48 Å². The fourth-order valence-electron chi connectivity index (χ4n) is 2.83. The number of aromatic nitrogens is 2. The molecule has 1 aromatic heterocycles. The molecule has 0 atom stereocenters. The summed E-state index contributed by atoms with van der Waals surface area (Å²) in [4.78, 5) is 11.5. The normalized spacial score (nSPS) is 16.3. The Morgan fingerprint density at radius 1 is 1.38 bits per heavy atom. The van der Waals surface area contributed by atoms with Crippen LogP contribution in [0.4, 0.5) is 0 Å². The van der Waals surface area contributed by atoms with Gasteiger partial charge in [-0.05, 0) is 32.8 Å². The lowest BCUT2D eigenvalue weighted by Crippen LogP contribution is -2.32. The summed E-state index contributed by atoms with van der Waals surface area (Å²) in [6.45, 7) is 5.37. The van der Waals surface area contributed by atoms with Gasteiger partial charge < -0.3 is 10.6 Å². The van der Waals surface area contributed by atoms with Crippen molar-refractivity contribution in [2.75, 3.05) is 6.54 Å². The first-order valence-electron chi connectivity index (χ1n) is 8.19. The number of carbonyl (C=O) groups excluding carboxylic acids is 1. The van der Waals surface area contributed by atoms with Crippen LogP contribution in [0.15, 0.2) is 12.3 Å². The van der Waals surface area contributed by atoms with Crippen LogP contribution >= 0.6 is 0 Å². The smallest absolute Gasteiger partial charge is 0.221 e. The molecule has 1 amide bonds. The molecular weight excluding hydrogens is 264 g/mol. The summed E-state index contributed by atoms with van der Waals surface area (Å²) in [6.07, 6.45) is 9.13. The topological polar surface area (TPSA) is 59.0 Å². The minimum absolute atomic E-state index is 0.102. The van der Waals surface area contributed by atoms with E-state index in [4.69, 9.17) is 0 Å². The van der Waals surface area contributed by atoms with Crippen LogP contribution in [0.25, 0.3) is 0 Å². The van der Waals surface area contributed by atoms with Crippen LogP contribution in [0.5, 0.6) is 0 Å². The summed E-state index contributed by atoms with van der Waals surface area (Å²) in [5.74, 6) is 0.102. The van der Waals surface area contributed by atoms with E-state index in [0.717, 1.165) is 12.2 Å². The molecular formula is C16H28N4O. The Kier molecular flexibility index (Phi) is 6.23. The maximum Gasteiger partial charge on any atom is 0.221 e. The van der Waals surface area contributed by atoms with Crippen molar-refractivity contribution in [3.8, 4) is 0 Å². The molecule has 2 N–H and O–H groups in total. The van der Waals surface area contributed by atoms with Crippen molar-refractivity contribution in [2.45, 2.75) is 71.0 Å². The van der Waals surface area contributed by atoms with E-state index in [1.54, 1.807) is 0 Å². The molecule has 1 aromatic rings. The predicted molar refractivity (Wildman–Crippen MR) is 84.0 cm³/mol. The van der Waals surface area contributed by atoms with E-state index in [1.807, 2.05) is 13.8 Å². The van der Waals surface area contributed by atoms with Crippen molar-refractivity contribution >= 4 is 5.91 Å². The number of hydrogen-bond acceptors (Lipinski definition) is 3. The van der Waals surface area contributed by atoms with E-state index in [2.05, 4.69) is 32.7 Å². The molecule has 1 saturated carbocycles. The predicted octanol–water partition coefficient (Wildman–Crippen LogP) is 2.39. The van der Waals surface area contributed by atoms with Crippen molar-refractivity contribution < 1.29 is 4.79 Å². The van der Waals surface area contributed by atoms with E-state index >= 15 is 0 Å². The van der Waals surface area contributed by atoms with Crippen molar-refractivity contribution in [1.29, 1.82) is 0 Å². The molecule has 1 fully saturated rings. The zero-order valence-electron chi connectivity index (χ0n) is 13.3. The van der Waals surface area contributed by atoms with Gasteiger partial charge in [0.2, 0.25) is 5.91 Å². The standard InChI is InChI=1S/C16H28N4O/c1-13(2)18-16(21)8-10-17-12-14-9-11-20(19-14)15-6-4-3-5-7-15/h9,11,13,15,17H,3-8,10,12H2,1-2H3,(H,18,21). The quantitative estimate of drug-likeness (QED) is 0.759. The van der Waals surface area contributed by atoms with Gasteiger partial charge in [0, 0.05) is 31.7 Å². The molecule has 0 saturated heterocycles. The maximum atomic E-state index is 11.5. The van der Waals surface area contributed by atoms with Gasteiger partial charge in [0.05, 0.1) is 11.7 Å². The molecule has 1 heterocycles. The van der Waals surface area contributed by atoms with Gasteiger partial charge in [-0.2, -0.15) is 5.10 Å². The van der Waals surface area contributed by atoms with E-state index in [9.17, 15) is 4.79 Å². The number of amides is 1. The lowest BCUT2D eigenvalue weighted by atomic mass is 9.96. The average molecular weight is 292 g/mol. The minimum Gasteiger partial charge on any atom is -0.354 e. The second-order valence-electron chi connectivity index (χ2n) is 6.23. The van der Waals surface area contributed by atoms with Crippen LogP contribution < -0.4 is 10.6 Å². The largest absolute Gasteiger partial charge is 0.354 e. The van der Waals surface area contributed by atoms with Gasteiger partial charge in [0.25, 0.3) is 0 Å². The van der Waals surface area contributed by atoms with Crippen molar-refractivity contribution in [3.05, 3.63) is 18.0 Å². The SMILES string of the molecule is CC(C)NC(=O)CCNCc1ccn(C2CCCCC2)n1. The summed E-state index contributed by atoms with van der Waals surface area (Å²) in [5, 5.41) is 10.8. The van der Waals surface area contributed by atoms with E-state index in [0.29, 0.717) is 19.0 Å². The van der Waals surface area contributed by atoms with Crippen molar-refractivity contribution in [3.63, 3.8) is 0 Å². The number of rotatable bonds is 7. The Labute approximate surface area is 127 Å². The lowest BCUT2D eigenvalue weighted by molar-refractivity contribution is -0.121. The van der Waals surface area contributed by atoms with Gasteiger partial charge in [-0.1, -0.05) is 19.3 Å². The van der Waals surface area contributed by atoms with Crippen LogP contribution in [0.3, 0.4) is 0 Å². The molecule has 2 rings (SSSR count). The molecule has 0 aromatic carbocycles. The second kappa shape index (κ2) is 8.17. The van der Waals surface area contributed by atoms with Gasteiger partial charge in [0.15, 0.2) is 0 Å². The molecule has 0 unspecified atom stereocenters. The molecule has 1 aliphatic rings. The lowest BCUT2D eigenvalue weighted by Gasteiger charge is -2.21. The van der Waals surface area contributed by atoms with Crippen LogP contribution in [-0.2, 0) is 11.3 Å². The molecule has 5 nitrogen and oxygen atoms in total. The Morgan fingerprint density at radius 3 is 2.86 bits per heavy atom. The minimum atomic E-state index is 0.102. The molecule has 0 aliphatic heterocycles. The highest BCUT2D eigenvalue weighted by Crippen LogP contribution is 2.27. The second-order valence-corrected chi connectivity index (χ2v) is 6.23. The zero-order chi connectivity index (χ0) is 15.1. The molecule has 1 aliphatic carbocycles. The number of carbonyl (C=O) groups is 1. The molecule has 0 bridgehead atoms. The number of hydrogen-bond donors (Lipinski definition) is 2. The molecule has 5 heteroatoms. The van der Waals surface area contributed by atoms with E-state index < -0.39 is 0 Å². The van der Waals surface area contributed by atoms with E-state index in [-0.39, 0.29) is 11.9 Å². The first kappa shape index (κ1) is 16.0. The highest BCUT2D eigenvalue weighted by Gasteiger charge is 2.15. The summed E-state index contributed by atoms with van der Waals surface area (Å²) in [5.41, 5.74) is 1.06. The highest BCUT2D eigenvalue weighted by molar-refractivity contribution is 5.76. The Balaban J connectivity index is 1.67. The van der Waals surface area contributed by atoms with E-state index in [1.165, 1.54) is 32.1 Å². The Bertz CT molecular complexity index is 435. The number of nitrogens with one attached hydrogen (secondary N) is 2. The Morgan fingerprint density at radius 2 is 2.14 bits per heavy atom. The van der Waals surface area contributed by atoms with Gasteiger partial charge in [0.1, 0.15) is 0 Å². The van der Waals surface area contributed by atoms with Gasteiger partial charge >= 0.3 is 0 Å². The summed E-state index contributed by atoms with van der Waals surface area (Å²) in [6, 6.07) is 2.88. The van der Waals surface area contributed by atoms with Crippen LogP contribution in [0.1, 0.15) is 64.1 Å². The third-order valence-electron chi connectivity index (χ3n) is 3.90. The fraction of sp³-hybridized carbons (Fsp3) is 0.750. The van der Waals surface area contributed by atoms with Crippen LogP contribution in [0.2, 0.25) is 0 Å². The summed E-state index contributed by atoms with van der Waals surface area (Å²) < 4.78 is 2.13.